The quantitative estimate of drug-likeness (QED) is 0.306. The third kappa shape index (κ3) is 6.08. The molecular weight excluding hydrogens is 410 g/mol. The highest BCUT2D eigenvalue weighted by atomic mass is 19.4. The van der Waals surface area contributed by atoms with Gasteiger partial charge < -0.3 is 4.65 Å². The van der Waals surface area contributed by atoms with E-state index >= 15 is 0 Å². The number of halogens is 3. The van der Waals surface area contributed by atoms with Gasteiger partial charge in [0, 0.05) is 6.20 Å². The van der Waals surface area contributed by atoms with E-state index in [1.807, 2.05) is 61.5 Å². The summed E-state index contributed by atoms with van der Waals surface area (Å²) >= 11 is 0. The summed E-state index contributed by atoms with van der Waals surface area (Å²) in [6.07, 6.45) is 3.89. The van der Waals surface area contributed by atoms with Crippen LogP contribution in [0.3, 0.4) is 0 Å². The summed E-state index contributed by atoms with van der Waals surface area (Å²) < 4.78 is 45.7. The third-order valence-electron chi connectivity index (χ3n) is 4.89. The third-order valence-corrected chi connectivity index (χ3v) is 4.89. The fourth-order valence-corrected chi connectivity index (χ4v) is 3.28. The molecule has 0 radical (unpaired) electrons. The van der Waals surface area contributed by atoms with Crippen molar-refractivity contribution in [1.29, 1.82) is 0 Å². The SMILES string of the molecule is C=C/C=C\C=C(\C)B(OC(c1ccc(C(F)(F)F)cc1)c1ccccn1)c1ccccc1. The predicted octanol–water partition coefficient (Wildman–Crippen LogP) is 6.33. The van der Waals surface area contributed by atoms with Gasteiger partial charge in [-0.05, 0) is 42.2 Å². The van der Waals surface area contributed by atoms with E-state index in [1.54, 1.807) is 24.4 Å². The van der Waals surface area contributed by atoms with Gasteiger partial charge in [-0.2, -0.15) is 13.2 Å². The van der Waals surface area contributed by atoms with Crippen molar-refractivity contribution < 1.29 is 17.8 Å². The van der Waals surface area contributed by atoms with Gasteiger partial charge in [-0.3, -0.25) is 4.98 Å². The van der Waals surface area contributed by atoms with E-state index < -0.39 is 24.8 Å². The standard InChI is InChI=1S/C26H23BF3NO/c1-3-4-6-11-20(2)27(23-12-7-5-8-13-23)32-25(24-14-9-10-19-31-24)21-15-17-22(18-16-21)26(28,29)30/h3-19,25H,1H2,2H3/b6-4-,20-11-. The number of hydrogen-bond donors (Lipinski definition) is 0. The van der Waals surface area contributed by atoms with Gasteiger partial charge in [-0.1, -0.05) is 84.9 Å². The fraction of sp³-hybridized carbons (Fsp3) is 0.115. The predicted molar refractivity (Wildman–Crippen MR) is 124 cm³/mol. The van der Waals surface area contributed by atoms with Gasteiger partial charge in [-0.15, -0.1) is 0 Å². The van der Waals surface area contributed by atoms with Crippen LogP contribution in [-0.4, -0.2) is 11.9 Å². The second-order valence-electron chi connectivity index (χ2n) is 7.21. The van der Waals surface area contributed by atoms with Crippen LogP contribution in [0.4, 0.5) is 13.2 Å². The Bertz CT molecular complexity index is 1060. The Morgan fingerprint density at radius 3 is 2.25 bits per heavy atom. The average Bonchev–Trinajstić information content (AvgIpc) is 2.80. The van der Waals surface area contributed by atoms with Crippen LogP contribution in [0.2, 0.25) is 0 Å². The van der Waals surface area contributed by atoms with Crippen LogP contribution in [-0.2, 0) is 10.8 Å². The van der Waals surface area contributed by atoms with Crippen LogP contribution in [0.25, 0.3) is 0 Å². The summed E-state index contributed by atoms with van der Waals surface area (Å²) in [7, 11) is 0. The second-order valence-corrected chi connectivity index (χ2v) is 7.21. The van der Waals surface area contributed by atoms with Crippen molar-refractivity contribution in [1.82, 2.24) is 4.98 Å². The number of allylic oxidation sites excluding steroid dienone is 5. The zero-order chi connectivity index (χ0) is 23.0. The summed E-state index contributed by atoms with van der Waals surface area (Å²) in [6, 6.07) is 20.1. The van der Waals surface area contributed by atoms with Gasteiger partial charge in [0.15, 0.2) is 0 Å². The lowest BCUT2D eigenvalue weighted by Crippen LogP contribution is -2.37. The minimum atomic E-state index is -4.40. The van der Waals surface area contributed by atoms with Crippen molar-refractivity contribution in [3.8, 4) is 0 Å². The molecule has 0 bridgehead atoms. The molecule has 32 heavy (non-hydrogen) atoms. The first kappa shape index (κ1) is 23.3. The van der Waals surface area contributed by atoms with Crippen molar-refractivity contribution in [2.45, 2.75) is 19.2 Å². The van der Waals surface area contributed by atoms with E-state index in [0.717, 1.165) is 23.1 Å². The minimum absolute atomic E-state index is 0.431. The lowest BCUT2D eigenvalue weighted by molar-refractivity contribution is -0.137. The Labute approximate surface area is 186 Å². The molecular formula is C26H23BF3NO. The molecule has 162 valence electrons. The van der Waals surface area contributed by atoms with Gasteiger partial charge in [0.05, 0.1) is 11.3 Å². The summed E-state index contributed by atoms with van der Waals surface area (Å²) in [4.78, 5) is 4.41. The van der Waals surface area contributed by atoms with Crippen molar-refractivity contribution >= 4 is 12.4 Å². The molecule has 1 atom stereocenters. The Hall–Kier alpha value is -3.38. The van der Waals surface area contributed by atoms with Gasteiger partial charge in [0.25, 0.3) is 0 Å². The maximum Gasteiger partial charge on any atom is 0.416 e. The molecule has 0 spiro atoms. The lowest BCUT2D eigenvalue weighted by atomic mass is 9.54. The molecule has 3 rings (SSSR count). The maximum atomic E-state index is 13.1. The van der Waals surface area contributed by atoms with Crippen LogP contribution in [0.1, 0.15) is 29.8 Å². The van der Waals surface area contributed by atoms with Crippen molar-refractivity contribution in [3.63, 3.8) is 0 Å². The van der Waals surface area contributed by atoms with Gasteiger partial charge >= 0.3 is 13.1 Å². The largest absolute Gasteiger partial charge is 0.416 e. The van der Waals surface area contributed by atoms with Crippen molar-refractivity contribution in [2.75, 3.05) is 0 Å². The molecule has 2 aromatic carbocycles. The highest BCUT2D eigenvalue weighted by Crippen LogP contribution is 2.32. The summed E-state index contributed by atoms with van der Waals surface area (Å²) in [5.41, 5.74) is 2.36. The molecule has 0 aliphatic rings. The number of aromatic nitrogens is 1. The monoisotopic (exact) mass is 433 g/mol. The highest BCUT2D eigenvalue weighted by molar-refractivity contribution is 6.74. The summed E-state index contributed by atoms with van der Waals surface area (Å²) in [5, 5.41) is 0. The molecule has 6 heteroatoms. The normalized spacial score (nSPS) is 13.2. The van der Waals surface area contributed by atoms with Crippen LogP contribution >= 0.6 is 0 Å². The van der Waals surface area contributed by atoms with E-state index in [-0.39, 0.29) is 0 Å². The molecule has 0 saturated heterocycles. The molecule has 0 saturated carbocycles. The molecule has 0 aliphatic carbocycles. The molecule has 0 aliphatic heterocycles. The van der Waals surface area contributed by atoms with Crippen LogP contribution < -0.4 is 5.46 Å². The van der Waals surface area contributed by atoms with Crippen LogP contribution in [0, 0.1) is 0 Å². The Morgan fingerprint density at radius 2 is 1.66 bits per heavy atom. The van der Waals surface area contributed by atoms with Crippen molar-refractivity contribution in [3.05, 3.63) is 132 Å². The van der Waals surface area contributed by atoms with Gasteiger partial charge in [-0.25, -0.2) is 0 Å². The number of hydrogen-bond acceptors (Lipinski definition) is 2. The molecule has 1 heterocycles. The van der Waals surface area contributed by atoms with E-state index in [9.17, 15) is 13.2 Å². The highest BCUT2D eigenvalue weighted by Gasteiger charge is 2.31. The van der Waals surface area contributed by atoms with Crippen molar-refractivity contribution in [2.24, 2.45) is 0 Å². The Balaban J connectivity index is 2.03. The van der Waals surface area contributed by atoms with E-state index in [1.165, 1.54) is 12.1 Å². The average molecular weight is 433 g/mol. The number of benzene rings is 2. The van der Waals surface area contributed by atoms with E-state index in [0.29, 0.717) is 11.3 Å². The Morgan fingerprint density at radius 1 is 0.969 bits per heavy atom. The molecule has 0 fully saturated rings. The van der Waals surface area contributed by atoms with Gasteiger partial charge in [0.2, 0.25) is 0 Å². The zero-order valence-electron chi connectivity index (χ0n) is 17.7. The fourth-order valence-electron chi connectivity index (χ4n) is 3.28. The molecule has 2 nitrogen and oxygen atoms in total. The Kier molecular flexibility index (Phi) is 7.85. The number of alkyl halides is 3. The van der Waals surface area contributed by atoms with Crippen LogP contribution in [0.5, 0.6) is 0 Å². The summed E-state index contributed by atoms with van der Waals surface area (Å²) in [6.45, 7) is 5.20. The van der Waals surface area contributed by atoms with Crippen LogP contribution in [0.15, 0.2) is 115 Å². The smallest absolute Gasteiger partial charge is 0.414 e. The first-order chi connectivity index (χ1) is 15.4. The van der Waals surface area contributed by atoms with Gasteiger partial charge in [0.1, 0.15) is 6.10 Å². The first-order valence-corrected chi connectivity index (χ1v) is 10.1. The van der Waals surface area contributed by atoms with E-state index in [4.69, 9.17) is 4.65 Å². The summed E-state index contributed by atoms with van der Waals surface area (Å²) in [5.74, 6) is 0. The molecule has 1 aromatic heterocycles. The zero-order valence-corrected chi connectivity index (χ0v) is 17.7. The second kappa shape index (κ2) is 10.8. The molecule has 0 N–H and O–H groups in total. The molecule has 3 aromatic rings. The molecule has 0 amide bonds. The lowest BCUT2D eigenvalue weighted by Gasteiger charge is -2.24. The number of nitrogens with zero attached hydrogens (tertiary/aromatic N) is 1. The van der Waals surface area contributed by atoms with E-state index in [2.05, 4.69) is 11.6 Å². The molecule has 1 unspecified atom stereocenters. The first-order valence-electron chi connectivity index (χ1n) is 10.1. The number of rotatable bonds is 8. The number of pyridine rings is 1. The topological polar surface area (TPSA) is 22.1 Å². The minimum Gasteiger partial charge on any atom is -0.414 e. The maximum absolute atomic E-state index is 13.1.